The van der Waals surface area contributed by atoms with Gasteiger partial charge >= 0.3 is 5.00 Å². The number of allylic oxidation sites excluding steroid dienone is 1. The first kappa shape index (κ1) is 17.0. The quantitative estimate of drug-likeness (QED) is 0.381. The van der Waals surface area contributed by atoms with Gasteiger partial charge in [0, 0.05) is 29.9 Å². The topological polar surface area (TPSA) is 90.7 Å². The zero-order valence-electron chi connectivity index (χ0n) is 13.7. The fourth-order valence-electron chi connectivity index (χ4n) is 2.69. The third-order valence-corrected chi connectivity index (χ3v) is 4.95. The van der Waals surface area contributed by atoms with Gasteiger partial charge in [-0.05, 0) is 30.2 Å². The van der Waals surface area contributed by atoms with Crippen molar-refractivity contribution >= 4 is 27.8 Å². The molecule has 3 rings (SSSR count). The van der Waals surface area contributed by atoms with E-state index in [2.05, 4.69) is 5.32 Å². The standard InChI is InChI=1S/C17H16N2O5S/c1-23-14-7-10-5-6-18-12(11(10)8-15(14)24-2)9-13(20)16-3-4-17(25-16)19(21)22/h3-4,7-9,18H,5-6H2,1-2H3/b12-9-. The molecule has 8 heteroatoms. The molecule has 2 heterocycles. The molecule has 2 aromatic rings. The number of benzene rings is 1. The number of carbonyl (C=O) groups is 1. The molecule has 0 atom stereocenters. The van der Waals surface area contributed by atoms with Crippen LogP contribution < -0.4 is 14.8 Å². The molecule has 0 saturated heterocycles. The van der Waals surface area contributed by atoms with Gasteiger partial charge in [0.25, 0.3) is 0 Å². The number of fused-ring (bicyclic) bond motifs is 1. The average molecular weight is 360 g/mol. The highest BCUT2D eigenvalue weighted by Crippen LogP contribution is 2.35. The van der Waals surface area contributed by atoms with Crippen LogP contribution in [0.25, 0.3) is 5.70 Å². The van der Waals surface area contributed by atoms with Crippen LogP contribution in [0.3, 0.4) is 0 Å². The van der Waals surface area contributed by atoms with Crippen LogP contribution in [0, 0.1) is 10.1 Å². The maximum Gasteiger partial charge on any atom is 0.324 e. The van der Waals surface area contributed by atoms with Crippen LogP contribution in [0.15, 0.2) is 30.3 Å². The second-order valence-electron chi connectivity index (χ2n) is 5.36. The van der Waals surface area contributed by atoms with Crippen LogP contribution in [-0.2, 0) is 6.42 Å². The van der Waals surface area contributed by atoms with E-state index in [0.717, 1.165) is 28.9 Å². The molecule has 0 radical (unpaired) electrons. The number of carbonyl (C=O) groups excluding carboxylic acids is 1. The summed E-state index contributed by atoms with van der Waals surface area (Å²) < 4.78 is 10.7. The molecule has 0 aliphatic carbocycles. The summed E-state index contributed by atoms with van der Waals surface area (Å²) in [5, 5.41) is 13.9. The lowest BCUT2D eigenvalue weighted by molar-refractivity contribution is -0.380. The predicted octanol–water partition coefficient (Wildman–Crippen LogP) is 3.04. The summed E-state index contributed by atoms with van der Waals surface area (Å²) in [7, 11) is 3.13. The molecule has 7 nitrogen and oxygen atoms in total. The molecule has 1 aliphatic heterocycles. The van der Waals surface area contributed by atoms with E-state index in [0.29, 0.717) is 28.6 Å². The van der Waals surface area contributed by atoms with Crippen molar-refractivity contribution in [1.82, 2.24) is 5.32 Å². The first-order chi connectivity index (χ1) is 12.0. The first-order valence-corrected chi connectivity index (χ1v) is 8.34. The molecular weight excluding hydrogens is 344 g/mol. The van der Waals surface area contributed by atoms with E-state index >= 15 is 0 Å². The lowest BCUT2D eigenvalue weighted by Crippen LogP contribution is -2.23. The molecule has 1 aromatic carbocycles. The molecule has 0 amide bonds. The van der Waals surface area contributed by atoms with Gasteiger partial charge in [0.1, 0.15) is 0 Å². The maximum atomic E-state index is 12.5. The van der Waals surface area contributed by atoms with Crippen LogP contribution in [0.1, 0.15) is 20.8 Å². The number of ether oxygens (including phenoxy) is 2. The number of nitrogens with one attached hydrogen (secondary N) is 1. The number of nitrogens with zero attached hydrogens (tertiary/aromatic N) is 1. The highest BCUT2D eigenvalue weighted by molar-refractivity contribution is 7.17. The van der Waals surface area contributed by atoms with Crippen molar-refractivity contribution in [2.45, 2.75) is 6.42 Å². The molecule has 130 valence electrons. The van der Waals surface area contributed by atoms with Gasteiger partial charge in [-0.1, -0.05) is 11.3 Å². The number of nitro groups is 1. The Morgan fingerprint density at radius 2 is 2.00 bits per heavy atom. The summed E-state index contributed by atoms with van der Waals surface area (Å²) in [6, 6.07) is 6.55. The maximum absolute atomic E-state index is 12.5. The Hall–Kier alpha value is -2.87. The third-order valence-electron chi connectivity index (χ3n) is 3.90. The summed E-state index contributed by atoms with van der Waals surface area (Å²) in [5.74, 6) is 0.945. The van der Waals surface area contributed by atoms with E-state index in [1.165, 1.54) is 18.2 Å². The van der Waals surface area contributed by atoms with Crippen molar-refractivity contribution in [3.8, 4) is 11.5 Å². The van der Waals surface area contributed by atoms with Gasteiger partial charge in [-0.3, -0.25) is 14.9 Å². The molecule has 25 heavy (non-hydrogen) atoms. The fourth-order valence-corrected chi connectivity index (χ4v) is 3.43. The van der Waals surface area contributed by atoms with E-state index < -0.39 is 4.92 Å². The summed E-state index contributed by atoms with van der Waals surface area (Å²) in [5.41, 5.74) is 2.58. The monoisotopic (exact) mass is 360 g/mol. The van der Waals surface area contributed by atoms with Gasteiger partial charge in [0.05, 0.1) is 24.0 Å². The Balaban J connectivity index is 1.97. The summed E-state index contributed by atoms with van der Waals surface area (Å²) >= 11 is 0.867. The van der Waals surface area contributed by atoms with Gasteiger partial charge in [0.15, 0.2) is 17.3 Å². The minimum Gasteiger partial charge on any atom is -0.493 e. The molecule has 1 N–H and O–H groups in total. The van der Waals surface area contributed by atoms with Crippen LogP contribution >= 0.6 is 11.3 Å². The van der Waals surface area contributed by atoms with Crippen molar-refractivity contribution in [1.29, 1.82) is 0 Å². The summed E-state index contributed by atoms with van der Waals surface area (Å²) in [6.07, 6.45) is 2.27. The number of rotatable bonds is 5. The van der Waals surface area contributed by atoms with E-state index in [1.54, 1.807) is 14.2 Å². The van der Waals surface area contributed by atoms with Crippen LogP contribution in [0.5, 0.6) is 11.5 Å². The van der Waals surface area contributed by atoms with Crippen LogP contribution in [0.2, 0.25) is 0 Å². The van der Waals surface area contributed by atoms with Crippen LogP contribution in [0.4, 0.5) is 5.00 Å². The zero-order valence-corrected chi connectivity index (χ0v) is 14.5. The van der Waals surface area contributed by atoms with Crippen molar-refractivity contribution in [2.24, 2.45) is 0 Å². The SMILES string of the molecule is COc1cc2c(cc1OC)/C(=C/C(=O)c1ccc([N+](=O)[O-])s1)NCC2. The molecular formula is C17H16N2O5S. The Morgan fingerprint density at radius 3 is 2.64 bits per heavy atom. The van der Waals surface area contributed by atoms with Gasteiger partial charge in [-0.15, -0.1) is 0 Å². The number of hydrogen-bond donors (Lipinski definition) is 1. The molecule has 0 fully saturated rings. The average Bonchev–Trinajstić information content (AvgIpc) is 3.11. The van der Waals surface area contributed by atoms with Gasteiger partial charge in [0.2, 0.25) is 0 Å². The molecule has 0 saturated carbocycles. The van der Waals surface area contributed by atoms with Crippen LogP contribution in [-0.4, -0.2) is 31.5 Å². The van der Waals surface area contributed by atoms with Crippen molar-refractivity contribution in [3.05, 3.63) is 56.5 Å². The largest absolute Gasteiger partial charge is 0.493 e. The Morgan fingerprint density at radius 1 is 1.28 bits per heavy atom. The van der Waals surface area contributed by atoms with Crippen molar-refractivity contribution in [3.63, 3.8) is 0 Å². The number of hydrogen-bond acceptors (Lipinski definition) is 7. The Kier molecular flexibility index (Phi) is 4.71. The lowest BCUT2D eigenvalue weighted by atomic mass is 9.96. The first-order valence-electron chi connectivity index (χ1n) is 7.53. The summed E-state index contributed by atoms with van der Waals surface area (Å²) in [6.45, 7) is 0.687. The van der Waals surface area contributed by atoms with E-state index in [4.69, 9.17) is 9.47 Å². The number of thiophene rings is 1. The Labute approximate surface area is 148 Å². The lowest BCUT2D eigenvalue weighted by Gasteiger charge is -2.23. The molecule has 0 bridgehead atoms. The van der Waals surface area contributed by atoms with E-state index in [9.17, 15) is 14.9 Å². The minimum atomic E-state index is -0.500. The van der Waals surface area contributed by atoms with E-state index in [1.807, 2.05) is 12.1 Å². The molecule has 1 aliphatic rings. The van der Waals surface area contributed by atoms with E-state index in [-0.39, 0.29) is 10.8 Å². The van der Waals surface area contributed by atoms with Gasteiger partial charge in [-0.25, -0.2) is 0 Å². The summed E-state index contributed by atoms with van der Waals surface area (Å²) in [4.78, 5) is 23.1. The highest BCUT2D eigenvalue weighted by Gasteiger charge is 2.20. The highest BCUT2D eigenvalue weighted by atomic mass is 32.1. The van der Waals surface area contributed by atoms with Gasteiger partial charge < -0.3 is 14.8 Å². The second kappa shape index (κ2) is 6.94. The Bertz CT molecular complexity index is 872. The zero-order chi connectivity index (χ0) is 18.0. The molecule has 0 unspecified atom stereocenters. The van der Waals surface area contributed by atoms with Crippen molar-refractivity contribution < 1.29 is 19.2 Å². The fraction of sp³-hybridized carbons (Fsp3) is 0.235. The second-order valence-corrected chi connectivity index (χ2v) is 6.42. The number of methoxy groups -OCH3 is 2. The van der Waals surface area contributed by atoms with Crippen molar-refractivity contribution in [2.75, 3.05) is 20.8 Å². The molecule has 1 aromatic heterocycles. The minimum absolute atomic E-state index is 0.0508. The normalized spacial score (nSPS) is 14.6. The van der Waals surface area contributed by atoms with Gasteiger partial charge in [-0.2, -0.15) is 0 Å². The smallest absolute Gasteiger partial charge is 0.324 e. The number of ketones is 1. The predicted molar refractivity (Wildman–Crippen MR) is 94.5 cm³/mol. The third kappa shape index (κ3) is 3.34. The molecule has 0 spiro atoms.